The number of sulfonamides is 1. The Morgan fingerprint density at radius 3 is 2.70 bits per heavy atom. The smallest absolute Gasteiger partial charge is 0.272 e. The fraction of sp³-hybridized carbons (Fsp3) is 0.500. The van der Waals surface area contributed by atoms with Crippen LogP contribution < -0.4 is 11.1 Å². The van der Waals surface area contributed by atoms with Crippen LogP contribution in [0.1, 0.15) is 13.8 Å². The van der Waals surface area contributed by atoms with Crippen LogP contribution in [0.3, 0.4) is 0 Å². The maximum Gasteiger partial charge on any atom is 0.272 e. The van der Waals surface area contributed by atoms with Crippen LogP contribution in [0.2, 0.25) is 0 Å². The van der Waals surface area contributed by atoms with Crippen LogP contribution in [-0.2, 0) is 14.8 Å². The lowest BCUT2D eigenvalue weighted by atomic mass is 10.6. The van der Waals surface area contributed by atoms with Crippen molar-refractivity contribution in [2.75, 3.05) is 18.4 Å². The van der Waals surface area contributed by atoms with E-state index in [9.17, 15) is 13.2 Å². The van der Waals surface area contributed by atoms with Gasteiger partial charge < -0.3 is 16.3 Å². The topological polar surface area (TPSA) is 151 Å². The molecule has 112 valence electrons. The Balaban J connectivity index is 3.02. The standard InChI is InChI=1S/C8H14N6O4S2/c1-3-14(4-6(9)13-16)20(17,18)8-12-11-7(19-8)10-5(2)15/h16H,3-4H2,1-2H3,(H2,9,13)(H,10,11,15). The van der Waals surface area contributed by atoms with Gasteiger partial charge in [-0.15, -0.1) is 10.2 Å². The van der Waals surface area contributed by atoms with E-state index in [0.29, 0.717) is 0 Å². The molecule has 1 aromatic rings. The van der Waals surface area contributed by atoms with Crippen LogP contribution in [0.4, 0.5) is 5.13 Å². The molecule has 0 atom stereocenters. The number of nitrogens with two attached hydrogens (primary N) is 1. The van der Waals surface area contributed by atoms with E-state index >= 15 is 0 Å². The average Bonchev–Trinajstić information content (AvgIpc) is 2.83. The van der Waals surface area contributed by atoms with Crippen molar-refractivity contribution in [3.63, 3.8) is 0 Å². The summed E-state index contributed by atoms with van der Waals surface area (Å²) in [5.74, 6) is -0.629. The van der Waals surface area contributed by atoms with Crippen molar-refractivity contribution in [2.24, 2.45) is 10.9 Å². The van der Waals surface area contributed by atoms with E-state index in [1.54, 1.807) is 6.92 Å². The monoisotopic (exact) mass is 322 g/mol. The lowest BCUT2D eigenvalue weighted by Gasteiger charge is -2.17. The van der Waals surface area contributed by atoms with Crippen LogP contribution in [0.5, 0.6) is 0 Å². The Morgan fingerprint density at radius 1 is 1.55 bits per heavy atom. The highest BCUT2D eigenvalue weighted by Gasteiger charge is 2.28. The number of anilines is 1. The Kier molecular flexibility index (Phi) is 5.35. The van der Waals surface area contributed by atoms with Gasteiger partial charge in [0.25, 0.3) is 10.0 Å². The number of amides is 1. The molecule has 1 heterocycles. The lowest BCUT2D eigenvalue weighted by molar-refractivity contribution is -0.114. The van der Waals surface area contributed by atoms with Gasteiger partial charge in [0, 0.05) is 13.5 Å². The lowest BCUT2D eigenvalue weighted by Crippen LogP contribution is -2.38. The average molecular weight is 322 g/mol. The second-order valence-electron chi connectivity index (χ2n) is 3.58. The van der Waals surface area contributed by atoms with Crippen LogP contribution in [-0.4, -0.2) is 53.0 Å². The van der Waals surface area contributed by atoms with E-state index in [0.717, 1.165) is 15.6 Å². The maximum absolute atomic E-state index is 12.2. The minimum atomic E-state index is -3.92. The molecule has 1 amide bonds. The van der Waals surface area contributed by atoms with Gasteiger partial charge in [0.2, 0.25) is 15.4 Å². The van der Waals surface area contributed by atoms with Crippen LogP contribution in [0, 0.1) is 0 Å². The highest BCUT2D eigenvalue weighted by molar-refractivity contribution is 7.91. The van der Waals surface area contributed by atoms with Crippen LogP contribution in [0.25, 0.3) is 0 Å². The van der Waals surface area contributed by atoms with Gasteiger partial charge in [-0.05, 0) is 0 Å². The number of hydrogen-bond acceptors (Lipinski definition) is 8. The maximum atomic E-state index is 12.2. The van der Waals surface area contributed by atoms with Crippen molar-refractivity contribution in [3.8, 4) is 0 Å². The Bertz CT molecular complexity index is 610. The molecule has 0 radical (unpaired) electrons. The number of nitrogens with one attached hydrogen (secondary N) is 1. The molecule has 4 N–H and O–H groups in total. The number of carbonyl (C=O) groups is 1. The molecule has 0 aliphatic rings. The third kappa shape index (κ3) is 3.85. The summed E-state index contributed by atoms with van der Waals surface area (Å²) in [5.41, 5.74) is 5.30. The minimum absolute atomic E-state index is 0.0796. The van der Waals surface area contributed by atoms with E-state index < -0.39 is 10.0 Å². The van der Waals surface area contributed by atoms with E-state index in [2.05, 4.69) is 20.7 Å². The predicted octanol–water partition coefficient (Wildman–Crippen LogP) is -0.746. The van der Waals surface area contributed by atoms with Gasteiger partial charge in [-0.2, -0.15) is 4.31 Å². The van der Waals surface area contributed by atoms with Crippen molar-refractivity contribution in [1.82, 2.24) is 14.5 Å². The van der Waals surface area contributed by atoms with Crippen molar-refractivity contribution < 1.29 is 18.4 Å². The highest BCUT2D eigenvalue weighted by Crippen LogP contribution is 2.22. The first-order valence-corrected chi connectivity index (χ1v) is 7.64. The third-order valence-corrected chi connectivity index (χ3v) is 5.17. The normalized spacial score (nSPS) is 12.7. The van der Waals surface area contributed by atoms with Gasteiger partial charge in [0.1, 0.15) is 0 Å². The van der Waals surface area contributed by atoms with Gasteiger partial charge in [-0.25, -0.2) is 8.42 Å². The van der Waals surface area contributed by atoms with E-state index in [-0.39, 0.29) is 34.3 Å². The summed E-state index contributed by atoms with van der Waals surface area (Å²) in [6, 6.07) is 0. The second kappa shape index (κ2) is 6.58. The number of rotatable bonds is 6. The van der Waals surface area contributed by atoms with Crippen LogP contribution >= 0.6 is 11.3 Å². The molecular formula is C8H14N6O4S2. The fourth-order valence-corrected chi connectivity index (χ4v) is 3.71. The Morgan fingerprint density at radius 2 is 2.20 bits per heavy atom. The number of nitrogens with zero attached hydrogens (tertiary/aromatic N) is 4. The summed E-state index contributed by atoms with van der Waals surface area (Å²) in [7, 11) is -3.92. The molecule has 0 unspecified atom stereocenters. The minimum Gasteiger partial charge on any atom is -0.409 e. The number of aromatic nitrogens is 2. The summed E-state index contributed by atoms with van der Waals surface area (Å²) in [6.07, 6.45) is 0. The largest absolute Gasteiger partial charge is 0.409 e. The Labute approximate surface area is 119 Å². The molecule has 0 bridgehead atoms. The molecule has 0 fully saturated rings. The van der Waals surface area contributed by atoms with E-state index in [4.69, 9.17) is 10.9 Å². The molecule has 20 heavy (non-hydrogen) atoms. The number of oxime groups is 1. The molecule has 0 aromatic carbocycles. The molecule has 10 nitrogen and oxygen atoms in total. The number of likely N-dealkylation sites (N-methyl/N-ethyl adjacent to an activating group) is 1. The second-order valence-corrected chi connectivity index (χ2v) is 6.67. The molecular weight excluding hydrogens is 308 g/mol. The first-order valence-electron chi connectivity index (χ1n) is 5.39. The number of carbonyl (C=O) groups excluding carboxylic acids is 1. The zero-order chi connectivity index (χ0) is 15.3. The number of hydrogen-bond donors (Lipinski definition) is 3. The Hall–Kier alpha value is -1.79. The molecule has 0 aliphatic heterocycles. The summed E-state index contributed by atoms with van der Waals surface area (Å²) < 4.78 is 25.2. The van der Waals surface area contributed by atoms with E-state index in [1.807, 2.05) is 0 Å². The zero-order valence-corrected chi connectivity index (χ0v) is 12.4. The first-order chi connectivity index (χ1) is 9.31. The number of amidine groups is 1. The molecule has 1 aromatic heterocycles. The summed E-state index contributed by atoms with van der Waals surface area (Å²) in [4.78, 5) is 10.9. The highest BCUT2D eigenvalue weighted by atomic mass is 32.2. The van der Waals surface area contributed by atoms with Crippen molar-refractivity contribution >= 4 is 38.2 Å². The summed E-state index contributed by atoms with van der Waals surface area (Å²) in [6.45, 7) is 2.70. The van der Waals surface area contributed by atoms with Crippen molar-refractivity contribution in [1.29, 1.82) is 0 Å². The predicted molar refractivity (Wildman–Crippen MR) is 72.1 cm³/mol. The van der Waals surface area contributed by atoms with Gasteiger partial charge in [-0.1, -0.05) is 23.4 Å². The quantitative estimate of drug-likeness (QED) is 0.205. The third-order valence-electron chi connectivity index (χ3n) is 2.07. The zero-order valence-electron chi connectivity index (χ0n) is 10.8. The SMILES string of the molecule is CCN(CC(N)=NO)S(=O)(=O)c1nnc(NC(C)=O)s1. The van der Waals surface area contributed by atoms with Crippen molar-refractivity contribution in [2.45, 2.75) is 18.2 Å². The fourth-order valence-electron chi connectivity index (χ4n) is 1.20. The summed E-state index contributed by atoms with van der Waals surface area (Å²) >= 11 is 0.720. The molecule has 0 saturated carbocycles. The molecule has 12 heteroatoms. The van der Waals surface area contributed by atoms with E-state index in [1.165, 1.54) is 6.92 Å². The van der Waals surface area contributed by atoms with Gasteiger partial charge in [0.15, 0.2) is 5.84 Å². The molecule has 1 rings (SSSR count). The van der Waals surface area contributed by atoms with Crippen LogP contribution in [0.15, 0.2) is 9.50 Å². The molecule has 0 spiro atoms. The molecule has 0 aliphatic carbocycles. The molecule has 0 saturated heterocycles. The van der Waals surface area contributed by atoms with Gasteiger partial charge in [-0.3, -0.25) is 4.79 Å². The first kappa shape index (κ1) is 16.3. The van der Waals surface area contributed by atoms with Crippen molar-refractivity contribution in [3.05, 3.63) is 0 Å². The van der Waals surface area contributed by atoms with Gasteiger partial charge >= 0.3 is 0 Å². The summed E-state index contributed by atoms with van der Waals surface area (Å²) in [5, 5.41) is 20.7. The van der Waals surface area contributed by atoms with Gasteiger partial charge in [0.05, 0.1) is 6.54 Å².